The number of halogens is 1. The normalized spacial score (nSPS) is 15.8. The summed E-state index contributed by atoms with van der Waals surface area (Å²) >= 11 is 2.33. The summed E-state index contributed by atoms with van der Waals surface area (Å²) in [6, 6.07) is 7.94. The summed E-state index contributed by atoms with van der Waals surface area (Å²) in [5.41, 5.74) is 1.13. The van der Waals surface area contributed by atoms with Gasteiger partial charge < -0.3 is 18.9 Å². The SMILES string of the molecule is COCO[C@@H]([C@H](C)COCc1ccc(OC)cc1)[C@@H](C)/C=C(/C)I. The van der Waals surface area contributed by atoms with Crippen LogP contribution in [0.3, 0.4) is 0 Å². The zero-order valence-corrected chi connectivity index (χ0v) is 17.4. The Kier molecular flexibility index (Phi) is 10.6. The lowest BCUT2D eigenvalue weighted by Gasteiger charge is -2.28. The Labute approximate surface area is 159 Å². The second-order valence-corrected chi connectivity index (χ2v) is 7.69. The molecule has 0 radical (unpaired) electrons. The van der Waals surface area contributed by atoms with Gasteiger partial charge in [0, 0.05) is 18.9 Å². The third-order valence-electron chi connectivity index (χ3n) is 3.76. The highest BCUT2D eigenvalue weighted by atomic mass is 127. The summed E-state index contributed by atoms with van der Waals surface area (Å²) in [5, 5.41) is 0. The molecule has 0 aliphatic rings. The summed E-state index contributed by atoms with van der Waals surface area (Å²) in [5.74, 6) is 1.42. The molecule has 1 aromatic rings. The Morgan fingerprint density at radius 3 is 2.38 bits per heavy atom. The molecule has 0 heterocycles. The topological polar surface area (TPSA) is 36.9 Å². The number of hydrogen-bond donors (Lipinski definition) is 0. The van der Waals surface area contributed by atoms with E-state index in [9.17, 15) is 0 Å². The largest absolute Gasteiger partial charge is 0.497 e. The molecule has 0 spiro atoms. The third kappa shape index (κ3) is 7.96. The third-order valence-corrected chi connectivity index (χ3v) is 4.12. The van der Waals surface area contributed by atoms with Crippen LogP contribution >= 0.6 is 22.6 Å². The van der Waals surface area contributed by atoms with Gasteiger partial charge in [0.2, 0.25) is 0 Å². The first-order valence-corrected chi connectivity index (χ1v) is 9.21. The van der Waals surface area contributed by atoms with E-state index in [1.54, 1.807) is 14.2 Å². The zero-order valence-electron chi connectivity index (χ0n) is 15.3. The van der Waals surface area contributed by atoms with E-state index in [1.165, 1.54) is 3.58 Å². The Balaban J connectivity index is 2.53. The van der Waals surface area contributed by atoms with Gasteiger partial charge in [0.05, 0.1) is 26.4 Å². The van der Waals surface area contributed by atoms with E-state index in [2.05, 4.69) is 49.4 Å². The zero-order chi connectivity index (χ0) is 17.9. The molecule has 0 bridgehead atoms. The lowest BCUT2D eigenvalue weighted by atomic mass is 9.93. The maximum Gasteiger partial charge on any atom is 0.146 e. The van der Waals surface area contributed by atoms with Gasteiger partial charge in [-0.05, 0) is 50.8 Å². The lowest BCUT2D eigenvalue weighted by molar-refractivity contribution is -0.112. The summed E-state index contributed by atoms with van der Waals surface area (Å²) in [6.45, 7) is 7.94. The van der Waals surface area contributed by atoms with Gasteiger partial charge in [-0.15, -0.1) is 0 Å². The molecule has 0 unspecified atom stereocenters. The molecule has 0 saturated heterocycles. The molecule has 136 valence electrons. The van der Waals surface area contributed by atoms with Gasteiger partial charge in [0.15, 0.2) is 0 Å². The molecule has 0 aromatic heterocycles. The van der Waals surface area contributed by atoms with Crippen LogP contribution in [0, 0.1) is 11.8 Å². The number of rotatable bonds is 11. The van der Waals surface area contributed by atoms with Gasteiger partial charge in [-0.2, -0.15) is 0 Å². The Morgan fingerprint density at radius 2 is 1.83 bits per heavy atom. The molecule has 0 saturated carbocycles. The molecular weight excluding hydrogens is 419 g/mol. The maximum atomic E-state index is 5.89. The predicted octanol–water partition coefficient (Wildman–Crippen LogP) is 4.81. The van der Waals surface area contributed by atoms with E-state index in [0.717, 1.165) is 11.3 Å². The van der Waals surface area contributed by atoms with E-state index in [1.807, 2.05) is 24.3 Å². The van der Waals surface area contributed by atoms with Gasteiger partial charge in [-0.25, -0.2) is 0 Å². The van der Waals surface area contributed by atoms with Crippen LogP contribution in [0.2, 0.25) is 0 Å². The number of allylic oxidation sites excluding steroid dienone is 1. The van der Waals surface area contributed by atoms with E-state index in [-0.39, 0.29) is 12.0 Å². The van der Waals surface area contributed by atoms with Crippen LogP contribution < -0.4 is 4.74 Å². The van der Waals surface area contributed by atoms with E-state index in [4.69, 9.17) is 18.9 Å². The summed E-state index contributed by atoms with van der Waals surface area (Å²) in [7, 11) is 3.31. The highest BCUT2D eigenvalue weighted by molar-refractivity contribution is 14.1. The monoisotopic (exact) mass is 448 g/mol. The second kappa shape index (κ2) is 11.8. The smallest absolute Gasteiger partial charge is 0.146 e. The fourth-order valence-corrected chi connectivity index (χ4v) is 3.18. The highest BCUT2D eigenvalue weighted by Crippen LogP contribution is 2.22. The van der Waals surface area contributed by atoms with E-state index >= 15 is 0 Å². The van der Waals surface area contributed by atoms with Crippen molar-refractivity contribution in [2.24, 2.45) is 11.8 Å². The first-order chi connectivity index (χ1) is 11.5. The van der Waals surface area contributed by atoms with Crippen molar-refractivity contribution in [3.05, 3.63) is 39.5 Å². The van der Waals surface area contributed by atoms with Gasteiger partial charge in [-0.3, -0.25) is 0 Å². The van der Waals surface area contributed by atoms with Crippen LogP contribution in [-0.4, -0.2) is 33.7 Å². The molecule has 0 aliphatic carbocycles. The molecular formula is C19H29IO4. The van der Waals surface area contributed by atoms with Crippen molar-refractivity contribution in [3.8, 4) is 5.75 Å². The molecule has 5 heteroatoms. The second-order valence-electron chi connectivity index (χ2n) is 5.99. The number of hydrogen-bond acceptors (Lipinski definition) is 4. The van der Waals surface area contributed by atoms with Crippen molar-refractivity contribution in [3.63, 3.8) is 0 Å². The highest BCUT2D eigenvalue weighted by Gasteiger charge is 2.23. The van der Waals surface area contributed by atoms with E-state index < -0.39 is 0 Å². The lowest BCUT2D eigenvalue weighted by Crippen LogP contribution is -2.32. The minimum atomic E-state index is 0.0607. The minimum absolute atomic E-state index is 0.0607. The molecule has 0 N–H and O–H groups in total. The van der Waals surface area contributed by atoms with Crippen LogP contribution in [0.4, 0.5) is 0 Å². The van der Waals surface area contributed by atoms with E-state index in [0.29, 0.717) is 25.9 Å². The van der Waals surface area contributed by atoms with Gasteiger partial charge >= 0.3 is 0 Å². The predicted molar refractivity (Wildman–Crippen MR) is 106 cm³/mol. The van der Waals surface area contributed by atoms with Gasteiger partial charge in [0.25, 0.3) is 0 Å². The molecule has 4 nitrogen and oxygen atoms in total. The average molecular weight is 448 g/mol. The number of benzene rings is 1. The van der Waals surface area contributed by atoms with Crippen LogP contribution in [0.5, 0.6) is 5.75 Å². The standard InChI is InChI=1S/C19H29IO4/c1-14(10-16(3)20)19(24-13-21-4)15(2)11-23-12-17-6-8-18(22-5)9-7-17/h6-10,14-15,19H,11-13H2,1-5H3/b16-10-/t14-,15+,19+/m0/s1. The number of methoxy groups -OCH3 is 2. The van der Waals surface area contributed by atoms with Crippen molar-refractivity contribution in [1.82, 2.24) is 0 Å². The minimum Gasteiger partial charge on any atom is -0.497 e. The van der Waals surface area contributed by atoms with Crippen molar-refractivity contribution in [2.45, 2.75) is 33.5 Å². The fourth-order valence-electron chi connectivity index (χ4n) is 2.62. The van der Waals surface area contributed by atoms with Crippen molar-refractivity contribution < 1.29 is 18.9 Å². The molecule has 1 aromatic carbocycles. The Morgan fingerprint density at radius 1 is 1.17 bits per heavy atom. The Bertz CT molecular complexity index is 483. The van der Waals surface area contributed by atoms with Crippen molar-refractivity contribution in [1.29, 1.82) is 0 Å². The molecule has 0 fully saturated rings. The first kappa shape index (κ1) is 21.4. The van der Waals surface area contributed by atoms with Crippen LogP contribution in [0.1, 0.15) is 26.3 Å². The van der Waals surface area contributed by atoms with Gasteiger partial charge in [-0.1, -0.05) is 32.1 Å². The van der Waals surface area contributed by atoms with Crippen molar-refractivity contribution in [2.75, 3.05) is 27.6 Å². The quantitative estimate of drug-likeness (QED) is 0.360. The van der Waals surface area contributed by atoms with Gasteiger partial charge in [0.1, 0.15) is 12.5 Å². The van der Waals surface area contributed by atoms with Crippen LogP contribution in [0.15, 0.2) is 33.9 Å². The molecule has 3 atom stereocenters. The first-order valence-electron chi connectivity index (χ1n) is 8.13. The Hall–Kier alpha value is -0.630. The molecule has 0 aliphatic heterocycles. The van der Waals surface area contributed by atoms with Crippen LogP contribution in [0.25, 0.3) is 0 Å². The van der Waals surface area contributed by atoms with Crippen LogP contribution in [-0.2, 0) is 20.8 Å². The molecule has 24 heavy (non-hydrogen) atoms. The number of ether oxygens (including phenoxy) is 4. The van der Waals surface area contributed by atoms with Crippen molar-refractivity contribution >= 4 is 22.6 Å². The molecule has 1 rings (SSSR count). The summed E-state index contributed by atoms with van der Waals surface area (Å²) < 4.78 is 23.3. The summed E-state index contributed by atoms with van der Waals surface area (Å²) in [6.07, 6.45) is 2.28. The maximum absolute atomic E-state index is 5.89. The summed E-state index contributed by atoms with van der Waals surface area (Å²) in [4.78, 5) is 0. The molecule has 0 amide bonds. The average Bonchev–Trinajstić information content (AvgIpc) is 2.55. The fraction of sp³-hybridized carbons (Fsp3) is 0.579.